The summed E-state index contributed by atoms with van der Waals surface area (Å²) in [5.41, 5.74) is 2.28. The molecule has 1 aromatic heterocycles. The Morgan fingerprint density at radius 3 is 2.54 bits per heavy atom. The summed E-state index contributed by atoms with van der Waals surface area (Å²) < 4.78 is 5.63. The molecular formula is C21H22N2O3. The van der Waals surface area contributed by atoms with E-state index in [1.807, 2.05) is 62.3 Å². The third-order valence-corrected chi connectivity index (χ3v) is 4.37. The fourth-order valence-electron chi connectivity index (χ4n) is 2.93. The zero-order chi connectivity index (χ0) is 18.7. The predicted octanol–water partition coefficient (Wildman–Crippen LogP) is 3.13. The number of nitrogens with zero attached hydrogens (tertiary/aromatic N) is 1. The second kappa shape index (κ2) is 7.54. The highest BCUT2D eigenvalue weighted by Crippen LogP contribution is 2.17. The van der Waals surface area contributed by atoms with Crippen LogP contribution in [0.3, 0.4) is 0 Å². The van der Waals surface area contributed by atoms with Gasteiger partial charge in [-0.15, -0.1) is 0 Å². The van der Waals surface area contributed by atoms with Gasteiger partial charge in [0, 0.05) is 12.6 Å². The molecule has 1 N–H and O–H groups in total. The monoisotopic (exact) mass is 350 g/mol. The van der Waals surface area contributed by atoms with Crippen LogP contribution in [0.5, 0.6) is 0 Å². The molecule has 5 heteroatoms. The average molecular weight is 350 g/mol. The maximum absolute atomic E-state index is 12.5. The molecule has 2 aromatic carbocycles. The first-order chi connectivity index (χ1) is 12.5. The molecule has 134 valence electrons. The lowest BCUT2D eigenvalue weighted by Crippen LogP contribution is -2.34. The summed E-state index contributed by atoms with van der Waals surface area (Å²) in [6, 6.07) is 16.6. The van der Waals surface area contributed by atoms with E-state index in [1.165, 1.54) is 6.07 Å². The first-order valence-electron chi connectivity index (χ1n) is 8.50. The number of carbonyl (C=O) groups excluding carboxylic acids is 1. The highest BCUT2D eigenvalue weighted by Gasteiger charge is 2.17. The maximum Gasteiger partial charge on any atom is 0.287 e. The molecule has 0 unspecified atom stereocenters. The molecule has 0 saturated heterocycles. The number of nitrogens with one attached hydrogen (secondary N) is 1. The van der Waals surface area contributed by atoms with Crippen LogP contribution in [0.4, 0.5) is 0 Å². The highest BCUT2D eigenvalue weighted by molar-refractivity contribution is 5.93. The molecule has 1 heterocycles. The Labute approximate surface area is 152 Å². The number of fused-ring (bicyclic) bond motifs is 1. The Balaban J connectivity index is 1.80. The normalized spacial score (nSPS) is 12.3. The Bertz CT molecular complexity index is 977. The summed E-state index contributed by atoms with van der Waals surface area (Å²) in [6.45, 7) is 2.32. The number of rotatable bonds is 5. The summed E-state index contributed by atoms with van der Waals surface area (Å²) in [7, 11) is 3.92. The number of aryl methyl sites for hydroxylation is 1. The second-order valence-corrected chi connectivity index (χ2v) is 6.57. The summed E-state index contributed by atoms with van der Waals surface area (Å²) in [4.78, 5) is 26.8. The van der Waals surface area contributed by atoms with Crippen molar-refractivity contribution >= 4 is 16.9 Å². The first-order valence-corrected chi connectivity index (χ1v) is 8.50. The number of hydrogen-bond acceptors (Lipinski definition) is 4. The molecule has 0 saturated carbocycles. The fourth-order valence-corrected chi connectivity index (χ4v) is 2.93. The highest BCUT2D eigenvalue weighted by atomic mass is 16.3. The largest absolute Gasteiger partial charge is 0.451 e. The van der Waals surface area contributed by atoms with E-state index in [4.69, 9.17) is 4.42 Å². The van der Waals surface area contributed by atoms with Crippen molar-refractivity contribution in [3.8, 4) is 0 Å². The first kappa shape index (κ1) is 17.9. The van der Waals surface area contributed by atoms with E-state index < -0.39 is 5.91 Å². The molecule has 0 bridgehead atoms. The molecule has 1 amide bonds. The van der Waals surface area contributed by atoms with Crippen LogP contribution >= 0.6 is 0 Å². The van der Waals surface area contributed by atoms with Crippen molar-refractivity contribution in [1.29, 1.82) is 0 Å². The topological polar surface area (TPSA) is 62.6 Å². The summed E-state index contributed by atoms with van der Waals surface area (Å²) in [5, 5.41) is 3.35. The van der Waals surface area contributed by atoms with Gasteiger partial charge in [-0.05, 0) is 38.7 Å². The van der Waals surface area contributed by atoms with Crippen molar-refractivity contribution in [3.05, 3.63) is 81.7 Å². The molecule has 0 aliphatic heterocycles. The molecule has 0 aliphatic rings. The molecular weight excluding hydrogens is 328 g/mol. The molecule has 3 aromatic rings. The van der Waals surface area contributed by atoms with E-state index >= 15 is 0 Å². The van der Waals surface area contributed by atoms with Crippen molar-refractivity contribution in [2.75, 3.05) is 20.6 Å². The van der Waals surface area contributed by atoms with E-state index in [0.717, 1.165) is 11.1 Å². The summed E-state index contributed by atoms with van der Waals surface area (Å²) >= 11 is 0. The van der Waals surface area contributed by atoms with Crippen molar-refractivity contribution in [1.82, 2.24) is 10.2 Å². The Morgan fingerprint density at radius 2 is 1.85 bits per heavy atom. The van der Waals surface area contributed by atoms with Gasteiger partial charge < -0.3 is 14.6 Å². The van der Waals surface area contributed by atoms with Gasteiger partial charge in [-0.1, -0.05) is 42.0 Å². The van der Waals surface area contributed by atoms with E-state index in [-0.39, 0.29) is 17.2 Å². The van der Waals surface area contributed by atoms with Crippen LogP contribution in [0.25, 0.3) is 11.0 Å². The molecule has 0 aliphatic carbocycles. The van der Waals surface area contributed by atoms with Crippen LogP contribution in [0.15, 0.2) is 63.8 Å². The minimum atomic E-state index is -0.396. The number of benzene rings is 2. The maximum atomic E-state index is 12.5. The molecule has 3 rings (SSSR count). The molecule has 5 nitrogen and oxygen atoms in total. The minimum Gasteiger partial charge on any atom is -0.451 e. The van der Waals surface area contributed by atoms with Gasteiger partial charge in [0.05, 0.1) is 11.4 Å². The average Bonchev–Trinajstić information content (AvgIpc) is 2.62. The van der Waals surface area contributed by atoms with Crippen LogP contribution in [0.2, 0.25) is 0 Å². The molecule has 26 heavy (non-hydrogen) atoms. The van der Waals surface area contributed by atoms with E-state index in [9.17, 15) is 9.59 Å². The van der Waals surface area contributed by atoms with Gasteiger partial charge in [-0.3, -0.25) is 9.59 Å². The Kier molecular flexibility index (Phi) is 5.19. The number of amides is 1. The molecule has 0 radical (unpaired) electrons. The van der Waals surface area contributed by atoms with E-state index in [0.29, 0.717) is 17.5 Å². The summed E-state index contributed by atoms with van der Waals surface area (Å²) in [5.74, 6) is -0.371. The van der Waals surface area contributed by atoms with Gasteiger partial charge in [0.15, 0.2) is 11.2 Å². The van der Waals surface area contributed by atoms with Crippen LogP contribution in [-0.2, 0) is 0 Å². The van der Waals surface area contributed by atoms with Crippen molar-refractivity contribution in [2.45, 2.75) is 13.0 Å². The van der Waals surface area contributed by atoms with Crippen LogP contribution in [-0.4, -0.2) is 31.4 Å². The van der Waals surface area contributed by atoms with Crippen LogP contribution in [0, 0.1) is 6.92 Å². The van der Waals surface area contributed by atoms with Gasteiger partial charge in [0.25, 0.3) is 5.91 Å². The fraction of sp³-hybridized carbons (Fsp3) is 0.238. The van der Waals surface area contributed by atoms with Gasteiger partial charge in [-0.25, -0.2) is 0 Å². The van der Waals surface area contributed by atoms with Gasteiger partial charge in [0.1, 0.15) is 5.58 Å². The SMILES string of the molecule is Cc1ccc2oc(C(=O)NC[C@@H](c3ccccc3)N(C)C)cc(=O)c2c1. The van der Waals surface area contributed by atoms with Crippen molar-refractivity contribution in [2.24, 2.45) is 0 Å². The molecule has 0 fully saturated rings. The number of likely N-dealkylation sites (N-methyl/N-ethyl adjacent to an activating group) is 1. The number of hydrogen-bond donors (Lipinski definition) is 1. The van der Waals surface area contributed by atoms with Gasteiger partial charge >= 0.3 is 0 Å². The van der Waals surface area contributed by atoms with E-state index in [2.05, 4.69) is 5.32 Å². The second-order valence-electron chi connectivity index (χ2n) is 6.57. The Hall–Kier alpha value is -2.92. The van der Waals surface area contributed by atoms with Crippen LogP contribution in [0.1, 0.15) is 27.7 Å². The van der Waals surface area contributed by atoms with Crippen molar-refractivity contribution in [3.63, 3.8) is 0 Å². The zero-order valence-corrected chi connectivity index (χ0v) is 15.2. The lowest BCUT2D eigenvalue weighted by molar-refractivity contribution is 0.0914. The van der Waals surface area contributed by atoms with Gasteiger partial charge in [0.2, 0.25) is 0 Å². The third kappa shape index (κ3) is 3.83. The quantitative estimate of drug-likeness (QED) is 0.768. The minimum absolute atomic E-state index is 0.0231. The Morgan fingerprint density at radius 1 is 1.12 bits per heavy atom. The molecule has 1 atom stereocenters. The molecule has 0 spiro atoms. The van der Waals surface area contributed by atoms with Gasteiger partial charge in [-0.2, -0.15) is 0 Å². The summed E-state index contributed by atoms with van der Waals surface area (Å²) in [6.07, 6.45) is 0. The zero-order valence-electron chi connectivity index (χ0n) is 15.2. The lowest BCUT2D eigenvalue weighted by atomic mass is 10.1. The van der Waals surface area contributed by atoms with E-state index in [1.54, 1.807) is 12.1 Å². The van der Waals surface area contributed by atoms with Crippen molar-refractivity contribution < 1.29 is 9.21 Å². The standard InChI is InChI=1S/C21H22N2O3/c1-14-9-10-19-16(11-14)18(24)12-20(26-19)21(25)22-13-17(23(2)3)15-7-5-4-6-8-15/h4-12,17H,13H2,1-3H3,(H,22,25)/t17-/m0/s1. The third-order valence-electron chi connectivity index (χ3n) is 4.37. The smallest absolute Gasteiger partial charge is 0.287 e. The lowest BCUT2D eigenvalue weighted by Gasteiger charge is -2.25. The predicted molar refractivity (Wildman–Crippen MR) is 102 cm³/mol. The number of carbonyl (C=O) groups is 1. The van der Waals surface area contributed by atoms with Crippen LogP contribution < -0.4 is 10.7 Å².